The standard InChI is InChI=1S/C13H12N4O3S/c1-6-11(19)16-10(18)5-17(6)12(20)7-2-3-8-9(4-7)21-13(14)15-8/h2-4,6H,5H2,1H3,(H2,14,15)(H,16,18,19). The molecule has 1 atom stereocenters. The predicted octanol–water partition coefficient (Wildman–Crippen LogP) is 0.366. The molecular formula is C13H12N4O3S. The maximum absolute atomic E-state index is 12.5. The lowest BCUT2D eigenvalue weighted by Gasteiger charge is -2.31. The van der Waals surface area contributed by atoms with Gasteiger partial charge in [0.1, 0.15) is 12.6 Å². The van der Waals surface area contributed by atoms with E-state index in [1.54, 1.807) is 25.1 Å². The summed E-state index contributed by atoms with van der Waals surface area (Å²) in [5.41, 5.74) is 6.75. The molecule has 3 N–H and O–H groups in total. The Labute approximate surface area is 123 Å². The number of carbonyl (C=O) groups excluding carboxylic acids is 3. The lowest BCUT2D eigenvalue weighted by atomic mass is 10.1. The lowest BCUT2D eigenvalue weighted by molar-refractivity contribution is -0.138. The van der Waals surface area contributed by atoms with Gasteiger partial charge in [-0.15, -0.1) is 0 Å². The number of anilines is 1. The van der Waals surface area contributed by atoms with Crippen LogP contribution in [0.2, 0.25) is 0 Å². The number of imide groups is 1. The fourth-order valence-corrected chi connectivity index (χ4v) is 2.98. The molecule has 1 unspecified atom stereocenters. The number of fused-ring (bicyclic) bond motifs is 1. The number of nitrogens with one attached hydrogen (secondary N) is 1. The average molecular weight is 304 g/mol. The number of piperazine rings is 1. The Morgan fingerprint density at radius 1 is 1.48 bits per heavy atom. The number of nitrogens with zero attached hydrogens (tertiary/aromatic N) is 2. The van der Waals surface area contributed by atoms with Crippen LogP contribution in [0.3, 0.4) is 0 Å². The van der Waals surface area contributed by atoms with E-state index in [2.05, 4.69) is 10.3 Å². The topological polar surface area (TPSA) is 105 Å². The number of carbonyl (C=O) groups is 3. The summed E-state index contributed by atoms with van der Waals surface area (Å²) in [5, 5.41) is 2.63. The van der Waals surface area contributed by atoms with Crippen molar-refractivity contribution in [2.24, 2.45) is 0 Å². The zero-order valence-corrected chi connectivity index (χ0v) is 11.9. The Bertz CT molecular complexity index is 770. The van der Waals surface area contributed by atoms with Crippen LogP contribution >= 0.6 is 11.3 Å². The van der Waals surface area contributed by atoms with Crippen molar-refractivity contribution in [1.82, 2.24) is 15.2 Å². The average Bonchev–Trinajstić information content (AvgIpc) is 2.81. The van der Waals surface area contributed by atoms with Gasteiger partial charge in [-0.3, -0.25) is 19.7 Å². The van der Waals surface area contributed by atoms with Gasteiger partial charge < -0.3 is 10.6 Å². The first-order valence-electron chi connectivity index (χ1n) is 6.26. The Kier molecular flexibility index (Phi) is 3.09. The van der Waals surface area contributed by atoms with E-state index in [1.807, 2.05) is 0 Å². The summed E-state index contributed by atoms with van der Waals surface area (Å²) >= 11 is 1.28. The van der Waals surface area contributed by atoms with Crippen molar-refractivity contribution in [2.75, 3.05) is 12.3 Å². The smallest absolute Gasteiger partial charge is 0.255 e. The number of nitrogen functional groups attached to an aromatic ring is 1. The molecule has 0 aliphatic carbocycles. The molecule has 3 amide bonds. The third-order valence-electron chi connectivity index (χ3n) is 3.34. The van der Waals surface area contributed by atoms with E-state index in [0.717, 1.165) is 10.2 Å². The second-order valence-electron chi connectivity index (χ2n) is 4.76. The van der Waals surface area contributed by atoms with E-state index < -0.39 is 17.9 Å². The molecule has 0 bridgehead atoms. The van der Waals surface area contributed by atoms with Crippen molar-refractivity contribution in [1.29, 1.82) is 0 Å². The summed E-state index contributed by atoms with van der Waals surface area (Å²) in [4.78, 5) is 40.9. The summed E-state index contributed by atoms with van der Waals surface area (Å²) in [6.07, 6.45) is 0. The number of aromatic nitrogens is 1. The fraction of sp³-hybridized carbons (Fsp3) is 0.231. The van der Waals surface area contributed by atoms with Crippen LogP contribution in [0.25, 0.3) is 10.2 Å². The molecule has 1 aromatic heterocycles. The lowest BCUT2D eigenvalue weighted by Crippen LogP contribution is -2.58. The highest BCUT2D eigenvalue weighted by Gasteiger charge is 2.34. The maximum atomic E-state index is 12.5. The Hall–Kier alpha value is -2.48. The van der Waals surface area contributed by atoms with Crippen molar-refractivity contribution in [3.8, 4) is 0 Å². The quantitative estimate of drug-likeness (QED) is 0.740. The minimum Gasteiger partial charge on any atom is -0.375 e. The van der Waals surface area contributed by atoms with E-state index in [0.29, 0.717) is 10.7 Å². The highest BCUT2D eigenvalue weighted by molar-refractivity contribution is 7.22. The molecule has 1 fully saturated rings. The van der Waals surface area contributed by atoms with Crippen LogP contribution in [0.4, 0.5) is 5.13 Å². The summed E-state index contributed by atoms with van der Waals surface area (Å²) in [6.45, 7) is 1.46. The summed E-state index contributed by atoms with van der Waals surface area (Å²) in [6, 6.07) is 4.31. The van der Waals surface area contributed by atoms with Crippen molar-refractivity contribution in [2.45, 2.75) is 13.0 Å². The summed E-state index contributed by atoms with van der Waals surface area (Å²) < 4.78 is 0.791. The van der Waals surface area contributed by atoms with Crippen LogP contribution in [-0.2, 0) is 9.59 Å². The number of benzene rings is 1. The van der Waals surface area contributed by atoms with Crippen LogP contribution in [-0.4, -0.2) is 40.2 Å². The molecule has 1 aliphatic rings. The van der Waals surface area contributed by atoms with Crippen LogP contribution in [0.1, 0.15) is 17.3 Å². The van der Waals surface area contributed by atoms with E-state index in [4.69, 9.17) is 5.73 Å². The monoisotopic (exact) mass is 304 g/mol. The molecule has 8 heteroatoms. The Balaban J connectivity index is 1.95. The van der Waals surface area contributed by atoms with Gasteiger partial charge in [-0.1, -0.05) is 11.3 Å². The normalized spacial score (nSPS) is 18.9. The third-order valence-corrected chi connectivity index (χ3v) is 4.18. The number of nitrogens with two attached hydrogens (primary N) is 1. The number of hydrogen-bond acceptors (Lipinski definition) is 6. The number of rotatable bonds is 1. The molecule has 0 radical (unpaired) electrons. The molecule has 1 saturated heterocycles. The largest absolute Gasteiger partial charge is 0.375 e. The molecule has 108 valence electrons. The fourth-order valence-electron chi connectivity index (χ4n) is 2.20. The summed E-state index contributed by atoms with van der Waals surface area (Å²) in [7, 11) is 0. The van der Waals surface area contributed by atoms with Gasteiger partial charge in [0.15, 0.2) is 5.13 Å². The molecule has 1 aromatic carbocycles. The number of amides is 3. The van der Waals surface area contributed by atoms with Crippen LogP contribution in [0, 0.1) is 0 Å². The minimum absolute atomic E-state index is 0.130. The first-order valence-corrected chi connectivity index (χ1v) is 7.08. The van der Waals surface area contributed by atoms with Crippen LogP contribution in [0.5, 0.6) is 0 Å². The second kappa shape index (κ2) is 4.81. The Morgan fingerprint density at radius 3 is 3.00 bits per heavy atom. The zero-order valence-electron chi connectivity index (χ0n) is 11.1. The maximum Gasteiger partial charge on any atom is 0.255 e. The van der Waals surface area contributed by atoms with Gasteiger partial charge in [0.05, 0.1) is 10.2 Å². The molecule has 3 rings (SSSR count). The van der Waals surface area contributed by atoms with E-state index in [-0.39, 0.29) is 12.5 Å². The first-order chi connectivity index (χ1) is 9.95. The minimum atomic E-state index is -0.683. The molecule has 2 heterocycles. The van der Waals surface area contributed by atoms with Gasteiger partial charge in [0, 0.05) is 5.56 Å². The van der Waals surface area contributed by atoms with E-state index in [1.165, 1.54) is 16.2 Å². The van der Waals surface area contributed by atoms with Gasteiger partial charge in [0.25, 0.3) is 5.91 Å². The highest BCUT2D eigenvalue weighted by Crippen LogP contribution is 2.25. The third kappa shape index (κ3) is 2.33. The van der Waals surface area contributed by atoms with E-state index >= 15 is 0 Å². The molecule has 0 saturated carbocycles. The molecule has 21 heavy (non-hydrogen) atoms. The Morgan fingerprint density at radius 2 is 2.24 bits per heavy atom. The predicted molar refractivity (Wildman–Crippen MR) is 77.7 cm³/mol. The summed E-state index contributed by atoms with van der Waals surface area (Å²) in [5.74, 6) is -1.31. The highest BCUT2D eigenvalue weighted by atomic mass is 32.1. The van der Waals surface area contributed by atoms with Crippen LogP contribution < -0.4 is 11.1 Å². The van der Waals surface area contributed by atoms with Gasteiger partial charge in [-0.05, 0) is 25.1 Å². The first kappa shape index (κ1) is 13.5. The SMILES string of the molecule is CC1C(=O)NC(=O)CN1C(=O)c1ccc2nc(N)sc2c1. The van der Waals surface area contributed by atoms with Crippen molar-refractivity contribution < 1.29 is 14.4 Å². The van der Waals surface area contributed by atoms with Crippen molar-refractivity contribution >= 4 is 44.4 Å². The van der Waals surface area contributed by atoms with Gasteiger partial charge in [-0.25, -0.2) is 4.98 Å². The zero-order chi connectivity index (χ0) is 15.1. The number of hydrogen-bond donors (Lipinski definition) is 2. The van der Waals surface area contributed by atoms with E-state index in [9.17, 15) is 14.4 Å². The van der Waals surface area contributed by atoms with Crippen molar-refractivity contribution in [3.63, 3.8) is 0 Å². The van der Waals surface area contributed by atoms with Gasteiger partial charge in [-0.2, -0.15) is 0 Å². The molecule has 0 spiro atoms. The van der Waals surface area contributed by atoms with Crippen LogP contribution in [0.15, 0.2) is 18.2 Å². The second-order valence-corrected chi connectivity index (χ2v) is 5.82. The molecule has 7 nitrogen and oxygen atoms in total. The van der Waals surface area contributed by atoms with Gasteiger partial charge in [0.2, 0.25) is 11.8 Å². The molecule has 1 aliphatic heterocycles. The molecule has 2 aromatic rings. The van der Waals surface area contributed by atoms with Gasteiger partial charge >= 0.3 is 0 Å². The van der Waals surface area contributed by atoms with Crippen molar-refractivity contribution in [3.05, 3.63) is 23.8 Å². The number of thiazole rings is 1. The molecular weight excluding hydrogens is 292 g/mol.